The van der Waals surface area contributed by atoms with Gasteiger partial charge < -0.3 is 5.32 Å². The Labute approximate surface area is 110 Å². The molecule has 0 radical (unpaired) electrons. The van der Waals surface area contributed by atoms with Crippen molar-refractivity contribution >= 4 is 32.6 Å². The fraction of sp³-hybridized carbons (Fsp3) is 0.429. The average molecular weight is 260 g/mol. The van der Waals surface area contributed by atoms with Crippen molar-refractivity contribution in [1.82, 2.24) is 4.98 Å². The molecule has 4 heteroatoms. The van der Waals surface area contributed by atoms with Gasteiger partial charge in [0.1, 0.15) is 0 Å². The minimum Gasteiger partial charge on any atom is -0.302 e. The lowest BCUT2D eigenvalue weighted by atomic mass is 10.1. The smallest absolute Gasteiger partial charge is 0.229 e. The molecular weight excluding hydrogens is 244 g/mol. The molecule has 0 aliphatic heterocycles. The van der Waals surface area contributed by atoms with Crippen LogP contribution >= 0.6 is 11.3 Å². The summed E-state index contributed by atoms with van der Waals surface area (Å²) in [5, 5.41) is 3.67. The Kier molecular flexibility index (Phi) is 2.63. The summed E-state index contributed by atoms with van der Waals surface area (Å²) in [6, 6.07) is 4.18. The predicted molar refractivity (Wildman–Crippen MR) is 75.0 cm³/mol. The van der Waals surface area contributed by atoms with Crippen molar-refractivity contribution in [2.75, 3.05) is 5.32 Å². The van der Waals surface area contributed by atoms with Gasteiger partial charge in [0.25, 0.3) is 0 Å². The summed E-state index contributed by atoms with van der Waals surface area (Å²) in [5.41, 5.74) is 3.39. The van der Waals surface area contributed by atoms with Crippen LogP contribution in [0.25, 0.3) is 10.2 Å². The van der Waals surface area contributed by atoms with Gasteiger partial charge in [-0.15, -0.1) is 0 Å². The normalized spacial score (nSPS) is 22.2. The highest BCUT2D eigenvalue weighted by Gasteiger charge is 2.39. The number of nitrogens with zero attached hydrogens (tertiary/aromatic N) is 1. The average Bonchev–Trinajstić information content (AvgIpc) is 2.89. The molecule has 1 aliphatic carbocycles. The van der Waals surface area contributed by atoms with E-state index < -0.39 is 0 Å². The summed E-state index contributed by atoms with van der Waals surface area (Å²) in [6.07, 6.45) is 1.01. The minimum atomic E-state index is 0.122. The van der Waals surface area contributed by atoms with E-state index in [1.165, 1.54) is 10.3 Å². The molecule has 0 spiro atoms. The fourth-order valence-electron chi connectivity index (χ4n) is 2.20. The number of carbonyl (C=O) groups excluding carboxylic acids is 1. The largest absolute Gasteiger partial charge is 0.302 e. The van der Waals surface area contributed by atoms with Gasteiger partial charge in [-0.25, -0.2) is 4.98 Å². The van der Waals surface area contributed by atoms with E-state index in [0.717, 1.165) is 22.6 Å². The quantitative estimate of drug-likeness (QED) is 0.897. The lowest BCUT2D eigenvalue weighted by Crippen LogP contribution is -2.14. The van der Waals surface area contributed by atoms with E-state index in [1.54, 1.807) is 11.3 Å². The van der Waals surface area contributed by atoms with Gasteiger partial charge in [-0.3, -0.25) is 4.79 Å². The van der Waals surface area contributed by atoms with Crippen LogP contribution in [-0.4, -0.2) is 10.9 Å². The van der Waals surface area contributed by atoms with Gasteiger partial charge in [-0.1, -0.05) is 30.4 Å². The van der Waals surface area contributed by atoms with Gasteiger partial charge in [0.05, 0.1) is 10.2 Å². The Bertz CT molecular complexity index is 593. The molecule has 1 heterocycles. The summed E-state index contributed by atoms with van der Waals surface area (Å²) in [6.45, 7) is 6.24. The van der Waals surface area contributed by atoms with E-state index in [0.29, 0.717) is 5.92 Å². The number of fused-ring (bicyclic) bond motifs is 1. The van der Waals surface area contributed by atoms with Gasteiger partial charge in [0, 0.05) is 5.92 Å². The van der Waals surface area contributed by atoms with Crippen molar-refractivity contribution in [2.45, 2.75) is 27.2 Å². The van der Waals surface area contributed by atoms with Crippen LogP contribution in [0.4, 0.5) is 5.13 Å². The molecule has 1 fully saturated rings. The number of aromatic nitrogens is 1. The number of anilines is 1. The van der Waals surface area contributed by atoms with Crippen molar-refractivity contribution in [2.24, 2.45) is 11.8 Å². The molecule has 3 rings (SSSR count). The van der Waals surface area contributed by atoms with E-state index in [2.05, 4.69) is 43.2 Å². The van der Waals surface area contributed by atoms with Crippen molar-refractivity contribution < 1.29 is 4.79 Å². The van der Waals surface area contributed by atoms with E-state index in [1.807, 2.05) is 0 Å². The number of benzene rings is 1. The first-order valence-electron chi connectivity index (χ1n) is 6.24. The first kappa shape index (κ1) is 11.7. The first-order chi connectivity index (χ1) is 8.56. The van der Waals surface area contributed by atoms with Crippen LogP contribution < -0.4 is 5.32 Å². The highest BCUT2D eigenvalue weighted by Crippen LogP contribution is 2.39. The predicted octanol–water partition coefficient (Wildman–Crippen LogP) is 3.51. The second-order valence-electron chi connectivity index (χ2n) is 5.20. The lowest BCUT2D eigenvalue weighted by Gasteiger charge is -1.98. The molecule has 2 atom stereocenters. The van der Waals surface area contributed by atoms with Crippen LogP contribution in [0.3, 0.4) is 0 Å². The summed E-state index contributed by atoms with van der Waals surface area (Å²) >= 11 is 1.57. The molecule has 3 nitrogen and oxygen atoms in total. The molecule has 2 unspecified atom stereocenters. The molecule has 1 aliphatic rings. The Morgan fingerprint density at radius 2 is 2.06 bits per heavy atom. The summed E-state index contributed by atoms with van der Waals surface area (Å²) in [7, 11) is 0. The highest BCUT2D eigenvalue weighted by atomic mass is 32.1. The Morgan fingerprint density at radius 1 is 1.39 bits per heavy atom. The molecule has 1 N–H and O–H groups in total. The van der Waals surface area contributed by atoms with Gasteiger partial charge in [-0.05, 0) is 37.3 Å². The molecule has 18 heavy (non-hydrogen) atoms. The molecule has 1 aromatic heterocycles. The van der Waals surface area contributed by atoms with E-state index in [9.17, 15) is 4.79 Å². The third-order valence-corrected chi connectivity index (χ3v) is 4.72. The van der Waals surface area contributed by atoms with Crippen molar-refractivity contribution in [3.63, 3.8) is 0 Å². The number of rotatable bonds is 2. The van der Waals surface area contributed by atoms with Crippen LogP contribution in [0.5, 0.6) is 0 Å². The number of nitrogens with one attached hydrogen (secondary N) is 1. The Hall–Kier alpha value is -1.42. The molecule has 1 saturated carbocycles. The zero-order valence-corrected chi connectivity index (χ0v) is 11.6. The SMILES string of the molecule is Cc1ccc(C)c2sc(NC(=O)C3CC3C)nc12. The van der Waals surface area contributed by atoms with Crippen LogP contribution in [-0.2, 0) is 4.79 Å². The topological polar surface area (TPSA) is 42.0 Å². The Balaban J connectivity index is 1.91. The van der Waals surface area contributed by atoms with E-state index in [4.69, 9.17) is 0 Å². The number of aryl methyl sites for hydroxylation is 2. The fourth-order valence-corrected chi connectivity index (χ4v) is 3.21. The standard InChI is InChI=1S/C14H16N2OS/c1-7-4-5-8(2)12-11(7)15-14(18-12)16-13(17)10-6-9(10)3/h4-5,9-10H,6H2,1-3H3,(H,15,16,17). The summed E-state index contributed by atoms with van der Waals surface area (Å²) < 4.78 is 1.18. The highest BCUT2D eigenvalue weighted by molar-refractivity contribution is 7.22. The van der Waals surface area contributed by atoms with Crippen LogP contribution in [0.15, 0.2) is 12.1 Å². The van der Waals surface area contributed by atoms with Gasteiger partial charge in [-0.2, -0.15) is 0 Å². The van der Waals surface area contributed by atoms with Crippen molar-refractivity contribution in [3.8, 4) is 0 Å². The molecule has 1 amide bonds. The zero-order valence-electron chi connectivity index (χ0n) is 10.8. The molecular formula is C14H16N2OS. The van der Waals surface area contributed by atoms with Crippen molar-refractivity contribution in [3.05, 3.63) is 23.3 Å². The number of carbonyl (C=O) groups is 1. The summed E-state index contributed by atoms with van der Waals surface area (Å²) in [4.78, 5) is 16.4. The number of amides is 1. The maximum absolute atomic E-state index is 11.9. The number of hydrogen-bond acceptors (Lipinski definition) is 3. The lowest BCUT2D eigenvalue weighted by molar-refractivity contribution is -0.117. The van der Waals surface area contributed by atoms with Gasteiger partial charge in [0.2, 0.25) is 5.91 Å². The number of hydrogen-bond donors (Lipinski definition) is 1. The minimum absolute atomic E-state index is 0.122. The van der Waals surface area contributed by atoms with E-state index in [-0.39, 0.29) is 11.8 Å². The maximum atomic E-state index is 11.9. The third-order valence-electron chi connectivity index (χ3n) is 3.62. The second-order valence-corrected chi connectivity index (χ2v) is 6.20. The van der Waals surface area contributed by atoms with Crippen LogP contribution in [0.2, 0.25) is 0 Å². The molecule has 0 saturated heterocycles. The maximum Gasteiger partial charge on any atom is 0.229 e. The summed E-state index contributed by atoms with van der Waals surface area (Å²) in [5.74, 6) is 0.846. The monoisotopic (exact) mass is 260 g/mol. The van der Waals surface area contributed by atoms with Gasteiger partial charge in [0.15, 0.2) is 5.13 Å². The molecule has 1 aromatic carbocycles. The number of thiazole rings is 1. The first-order valence-corrected chi connectivity index (χ1v) is 7.05. The zero-order chi connectivity index (χ0) is 12.9. The molecule has 94 valence electrons. The second kappa shape index (κ2) is 4.05. The molecule has 0 bridgehead atoms. The van der Waals surface area contributed by atoms with Crippen LogP contribution in [0, 0.1) is 25.7 Å². The molecule has 2 aromatic rings. The third kappa shape index (κ3) is 1.90. The van der Waals surface area contributed by atoms with Crippen LogP contribution in [0.1, 0.15) is 24.5 Å². The van der Waals surface area contributed by atoms with Crippen molar-refractivity contribution in [1.29, 1.82) is 0 Å². The van der Waals surface area contributed by atoms with E-state index >= 15 is 0 Å². The van der Waals surface area contributed by atoms with Gasteiger partial charge >= 0.3 is 0 Å². The Morgan fingerprint density at radius 3 is 2.67 bits per heavy atom.